The van der Waals surface area contributed by atoms with Gasteiger partial charge in [0.15, 0.2) is 10.7 Å². The Bertz CT molecular complexity index is 1470. The van der Waals surface area contributed by atoms with Crippen LogP contribution in [0.15, 0.2) is 63.2 Å². The van der Waals surface area contributed by atoms with Crippen LogP contribution in [0.4, 0.5) is 11.5 Å². The van der Waals surface area contributed by atoms with Gasteiger partial charge in [0.2, 0.25) is 5.78 Å². The third kappa shape index (κ3) is 4.10. The maximum Gasteiger partial charge on any atom is 0.283 e. The van der Waals surface area contributed by atoms with E-state index < -0.39 is 20.5 Å². The van der Waals surface area contributed by atoms with Crippen LogP contribution in [0, 0.1) is 13.8 Å². The van der Waals surface area contributed by atoms with Crippen LogP contribution in [0.2, 0.25) is 0 Å². The van der Waals surface area contributed by atoms with Gasteiger partial charge in [-0.1, -0.05) is 17.7 Å². The Morgan fingerprint density at radius 3 is 2.44 bits per heavy atom. The molecule has 0 bridgehead atoms. The van der Waals surface area contributed by atoms with Crippen molar-refractivity contribution in [3.05, 3.63) is 75.8 Å². The fourth-order valence-electron chi connectivity index (χ4n) is 3.03. The number of ether oxygens (including phenoxy) is 1. The van der Waals surface area contributed by atoms with Crippen molar-refractivity contribution in [2.45, 2.75) is 18.7 Å². The Balaban J connectivity index is 1.84. The molecule has 32 heavy (non-hydrogen) atoms. The molecule has 11 heteroatoms. The van der Waals surface area contributed by atoms with E-state index in [0.717, 1.165) is 9.96 Å². The zero-order valence-electron chi connectivity index (χ0n) is 17.5. The lowest BCUT2D eigenvalue weighted by Gasteiger charge is -2.10. The highest BCUT2D eigenvalue weighted by Gasteiger charge is 2.27. The second-order valence-electron chi connectivity index (χ2n) is 7.00. The first-order valence-corrected chi connectivity index (χ1v) is 11.0. The maximum absolute atomic E-state index is 13.2. The van der Waals surface area contributed by atoms with Crippen molar-refractivity contribution in [1.29, 1.82) is 0 Å². The summed E-state index contributed by atoms with van der Waals surface area (Å²) in [4.78, 5) is 21.0. The van der Waals surface area contributed by atoms with Gasteiger partial charge in [-0.3, -0.25) is 9.52 Å². The van der Waals surface area contributed by atoms with Gasteiger partial charge in [-0.15, -0.1) is 0 Å². The number of nitrogens with zero attached hydrogens (tertiary/aromatic N) is 4. The van der Waals surface area contributed by atoms with Crippen molar-refractivity contribution in [3.8, 4) is 5.75 Å². The SMILES string of the molecule is COc1ccc(/C=N/c2nc3[nH]nc(C)n3c(=O)c2S(=O)(=O)Nc2ccc(C)cc2)cc1. The number of aliphatic imine (C=N–C) groups is 1. The predicted molar refractivity (Wildman–Crippen MR) is 121 cm³/mol. The van der Waals surface area contributed by atoms with Crippen LogP contribution in [0.25, 0.3) is 5.78 Å². The zero-order valence-corrected chi connectivity index (χ0v) is 18.3. The largest absolute Gasteiger partial charge is 0.497 e. The summed E-state index contributed by atoms with van der Waals surface area (Å²) in [5.74, 6) is 0.770. The van der Waals surface area contributed by atoms with Gasteiger partial charge in [-0.2, -0.15) is 10.1 Å². The number of H-pyrrole nitrogens is 1. The third-order valence-electron chi connectivity index (χ3n) is 4.69. The van der Waals surface area contributed by atoms with Crippen LogP contribution >= 0.6 is 0 Å². The van der Waals surface area contributed by atoms with Crippen molar-refractivity contribution in [2.75, 3.05) is 11.8 Å². The predicted octanol–water partition coefficient (Wildman–Crippen LogP) is 2.59. The number of nitrogens with one attached hydrogen (secondary N) is 2. The number of hydrogen-bond donors (Lipinski definition) is 2. The van der Waals surface area contributed by atoms with Crippen LogP contribution in [-0.2, 0) is 10.0 Å². The highest BCUT2D eigenvalue weighted by molar-refractivity contribution is 7.92. The zero-order chi connectivity index (χ0) is 22.9. The van der Waals surface area contributed by atoms with Crippen molar-refractivity contribution in [1.82, 2.24) is 19.6 Å². The van der Waals surface area contributed by atoms with Gasteiger partial charge in [0, 0.05) is 11.9 Å². The van der Waals surface area contributed by atoms with Crippen molar-refractivity contribution in [2.24, 2.45) is 4.99 Å². The lowest BCUT2D eigenvalue weighted by Crippen LogP contribution is -2.27. The van der Waals surface area contributed by atoms with Crippen molar-refractivity contribution >= 4 is 33.5 Å². The summed E-state index contributed by atoms with van der Waals surface area (Å²) in [6.07, 6.45) is 1.42. The standard InChI is InChI=1S/C21H20N6O4S/c1-13-4-8-16(9-5-13)26-32(29,30)18-19(22-12-15-6-10-17(31-3)11-7-15)23-21-25-24-14(2)27(21)20(18)28/h4-12,26H,1-3H3,(H,23,25)/b22-12+. The molecule has 0 atom stereocenters. The molecule has 2 aromatic heterocycles. The van der Waals surface area contributed by atoms with Gasteiger partial charge in [0.25, 0.3) is 15.6 Å². The summed E-state index contributed by atoms with van der Waals surface area (Å²) < 4.78 is 35.1. The van der Waals surface area contributed by atoms with E-state index in [9.17, 15) is 13.2 Å². The summed E-state index contributed by atoms with van der Waals surface area (Å²) in [5, 5.41) is 6.56. The van der Waals surface area contributed by atoms with Gasteiger partial charge in [0.05, 0.1) is 7.11 Å². The number of aryl methyl sites for hydroxylation is 2. The highest BCUT2D eigenvalue weighted by Crippen LogP contribution is 2.23. The number of fused-ring (bicyclic) bond motifs is 1. The molecule has 4 aromatic rings. The molecule has 2 heterocycles. The van der Waals surface area contributed by atoms with E-state index in [4.69, 9.17) is 4.74 Å². The third-order valence-corrected chi connectivity index (χ3v) is 6.09. The molecule has 0 fully saturated rings. The van der Waals surface area contributed by atoms with Crippen LogP contribution in [0.1, 0.15) is 17.0 Å². The quantitative estimate of drug-likeness (QED) is 0.432. The fourth-order valence-corrected chi connectivity index (χ4v) is 4.23. The highest BCUT2D eigenvalue weighted by atomic mass is 32.2. The molecule has 4 rings (SSSR count). The molecule has 0 aliphatic rings. The van der Waals surface area contributed by atoms with Gasteiger partial charge in [-0.25, -0.2) is 22.9 Å². The molecule has 164 valence electrons. The van der Waals surface area contributed by atoms with E-state index in [2.05, 4.69) is 24.9 Å². The summed E-state index contributed by atoms with van der Waals surface area (Å²) in [5.41, 5.74) is 1.15. The summed E-state index contributed by atoms with van der Waals surface area (Å²) in [7, 11) is -2.75. The number of hydrogen-bond acceptors (Lipinski definition) is 7. The number of sulfonamides is 1. The minimum atomic E-state index is -4.31. The Labute approximate surface area is 183 Å². The Kier molecular flexibility index (Phi) is 5.49. The number of anilines is 1. The van der Waals surface area contributed by atoms with Gasteiger partial charge in [0.1, 0.15) is 11.6 Å². The molecule has 0 unspecified atom stereocenters. The number of aromatic nitrogens is 4. The maximum atomic E-state index is 13.2. The fraction of sp³-hybridized carbons (Fsp3) is 0.143. The molecule has 0 saturated carbocycles. The van der Waals surface area contributed by atoms with E-state index in [-0.39, 0.29) is 17.4 Å². The lowest BCUT2D eigenvalue weighted by atomic mass is 10.2. The number of rotatable bonds is 6. The molecule has 0 aliphatic carbocycles. The van der Waals surface area contributed by atoms with E-state index in [1.807, 2.05) is 6.92 Å². The molecular weight excluding hydrogens is 432 g/mol. The van der Waals surface area contributed by atoms with Crippen LogP contribution < -0.4 is 15.0 Å². The summed E-state index contributed by atoms with van der Waals surface area (Å²) >= 11 is 0. The van der Waals surface area contributed by atoms with Crippen molar-refractivity contribution in [3.63, 3.8) is 0 Å². The molecule has 10 nitrogen and oxygen atoms in total. The van der Waals surface area contributed by atoms with Crippen LogP contribution in [-0.4, -0.2) is 41.3 Å². The number of benzene rings is 2. The second kappa shape index (κ2) is 8.27. The summed E-state index contributed by atoms with van der Waals surface area (Å²) in [6, 6.07) is 13.7. The molecule has 0 spiro atoms. The monoisotopic (exact) mass is 452 g/mol. The van der Waals surface area contributed by atoms with Crippen molar-refractivity contribution < 1.29 is 13.2 Å². The minimum absolute atomic E-state index is 0.0867. The molecule has 0 radical (unpaired) electrons. The molecule has 2 aromatic carbocycles. The Morgan fingerprint density at radius 1 is 1.09 bits per heavy atom. The first-order chi connectivity index (χ1) is 15.3. The van der Waals surface area contributed by atoms with E-state index in [0.29, 0.717) is 17.0 Å². The van der Waals surface area contributed by atoms with E-state index in [1.165, 1.54) is 6.21 Å². The number of methoxy groups -OCH3 is 1. The first kappa shape index (κ1) is 21.2. The van der Waals surface area contributed by atoms with E-state index in [1.54, 1.807) is 62.6 Å². The average molecular weight is 452 g/mol. The topological polar surface area (TPSA) is 131 Å². The summed E-state index contributed by atoms with van der Waals surface area (Å²) in [6.45, 7) is 3.45. The minimum Gasteiger partial charge on any atom is -0.497 e. The second-order valence-corrected chi connectivity index (χ2v) is 8.62. The Morgan fingerprint density at radius 2 is 1.78 bits per heavy atom. The van der Waals surface area contributed by atoms with Gasteiger partial charge in [-0.05, 0) is 55.8 Å². The molecule has 0 amide bonds. The molecule has 0 aliphatic heterocycles. The van der Waals surface area contributed by atoms with E-state index >= 15 is 0 Å². The van der Waals surface area contributed by atoms with Crippen LogP contribution in [0.5, 0.6) is 5.75 Å². The molecular formula is C21H20N6O4S. The molecule has 2 N–H and O–H groups in total. The number of aromatic amines is 1. The lowest BCUT2D eigenvalue weighted by molar-refractivity contribution is 0.415. The van der Waals surface area contributed by atoms with Gasteiger partial charge >= 0.3 is 0 Å². The normalized spacial score (nSPS) is 11.8. The first-order valence-electron chi connectivity index (χ1n) is 9.54. The Hall–Kier alpha value is -3.99. The smallest absolute Gasteiger partial charge is 0.283 e. The van der Waals surface area contributed by atoms with Crippen LogP contribution in [0.3, 0.4) is 0 Å². The molecule has 0 saturated heterocycles. The average Bonchev–Trinajstić information content (AvgIpc) is 3.14. The van der Waals surface area contributed by atoms with Gasteiger partial charge < -0.3 is 4.74 Å².